The molecule has 1 fully saturated rings. The predicted octanol–water partition coefficient (Wildman–Crippen LogP) is 2.44. The van der Waals surface area contributed by atoms with Crippen LogP contribution in [0.1, 0.15) is 31.4 Å². The van der Waals surface area contributed by atoms with Crippen LogP contribution in [0.4, 0.5) is 0 Å². The Bertz CT molecular complexity index is 421. The third-order valence-corrected chi connectivity index (χ3v) is 4.45. The van der Waals surface area contributed by atoms with Gasteiger partial charge < -0.3 is 15.2 Å². The molecule has 0 aromatic heterocycles. The summed E-state index contributed by atoms with van der Waals surface area (Å²) in [5, 5.41) is 0. The van der Waals surface area contributed by atoms with Gasteiger partial charge in [0.15, 0.2) is 0 Å². The average Bonchev–Trinajstić information content (AvgIpc) is 2.96. The summed E-state index contributed by atoms with van der Waals surface area (Å²) in [6.45, 7) is 5.16. The number of hydrogen-bond donors (Lipinski definition) is 1. The maximum Gasteiger partial charge on any atom is 0.118 e. The molecule has 0 saturated carbocycles. The number of benzene rings is 1. The summed E-state index contributed by atoms with van der Waals surface area (Å²) >= 11 is 0. The fourth-order valence-electron chi connectivity index (χ4n) is 3.24. The molecule has 3 atom stereocenters. The van der Waals surface area contributed by atoms with Crippen molar-refractivity contribution in [3.63, 3.8) is 0 Å². The fourth-order valence-corrected chi connectivity index (χ4v) is 3.24. The van der Waals surface area contributed by atoms with Crippen molar-refractivity contribution in [3.05, 3.63) is 29.8 Å². The van der Waals surface area contributed by atoms with Crippen LogP contribution in [-0.2, 0) is 4.74 Å². The Morgan fingerprint density at radius 2 is 2.00 bits per heavy atom. The van der Waals surface area contributed by atoms with E-state index in [0.717, 1.165) is 31.9 Å². The maximum absolute atomic E-state index is 6.41. The molecule has 21 heavy (non-hydrogen) atoms. The molecule has 1 aromatic rings. The molecule has 1 heterocycles. The lowest BCUT2D eigenvalue weighted by Crippen LogP contribution is -2.40. The molecular formula is C17H28N2O2. The Labute approximate surface area is 128 Å². The van der Waals surface area contributed by atoms with Gasteiger partial charge in [-0.25, -0.2) is 0 Å². The summed E-state index contributed by atoms with van der Waals surface area (Å²) in [4.78, 5) is 2.51. The van der Waals surface area contributed by atoms with E-state index in [1.165, 1.54) is 12.0 Å². The first-order valence-electron chi connectivity index (χ1n) is 7.82. The van der Waals surface area contributed by atoms with Crippen molar-refractivity contribution >= 4 is 0 Å². The lowest BCUT2D eigenvalue weighted by molar-refractivity contribution is 0.142. The van der Waals surface area contributed by atoms with Crippen molar-refractivity contribution in [3.8, 4) is 5.75 Å². The van der Waals surface area contributed by atoms with Gasteiger partial charge in [-0.2, -0.15) is 0 Å². The molecule has 2 N–H and O–H groups in total. The SMILES string of the molecule is CCC(N)C(c1ccc(OC)cc1)N1CCC(COC)C1. The van der Waals surface area contributed by atoms with Crippen molar-refractivity contribution in [2.75, 3.05) is 33.9 Å². The van der Waals surface area contributed by atoms with Gasteiger partial charge >= 0.3 is 0 Å². The van der Waals surface area contributed by atoms with Gasteiger partial charge in [0.05, 0.1) is 13.7 Å². The van der Waals surface area contributed by atoms with Gasteiger partial charge in [-0.3, -0.25) is 4.90 Å². The van der Waals surface area contributed by atoms with E-state index in [0.29, 0.717) is 5.92 Å². The van der Waals surface area contributed by atoms with E-state index in [9.17, 15) is 0 Å². The van der Waals surface area contributed by atoms with Gasteiger partial charge in [-0.15, -0.1) is 0 Å². The van der Waals surface area contributed by atoms with E-state index >= 15 is 0 Å². The highest BCUT2D eigenvalue weighted by Crippen LogP contribution is 2.31. The van der Waals surface area contributed by atoms with Crippen LogP contribution in [0.5, 0.6) is 5.75 Å². The molecule has 1 aliphatic rings. The molecule has 1 aliphatic heterocycles. The maximum atomic E-state index is 6.41. The highest BCUT2D eigenvalue weighted by molar-refractivity contribution is 5.30. The largest absolute Gasteiger partial charge is 0.497 e. The van der Waals surface area contributed by atoms with Crippen LogP contribution < -0.4 is 10.5 Å². The lowest BCUT2D eigenvalue weighted by Gasteiger charge is -2.33. The summed E-state index contributed by atoms with van der Waals surface area (Å²) in [6, 6.07) is 8.76. The predicted molar refractivity (Wildman–Crippen MR) is 85.6 cm³/mol. The Morgan fingerprint density at radius 1 is 1.29 bits per heavy atom. The number of hydrogen-bond acceptors (Lipinski definition) is 4. The first kappa shape index (κ1) is 16.3. The van der Waals surface area contributed by atoms with Gasteiger partial charge in [0.25, 0.3) is 0 Å². The smallest absolute Gasteiger partial charge is 0.118 e. The molecule has 0 aliphatic carbocycles. The summed E-state index contributed by atoms with van der Waals surface area (Å²) in [6.07, 6.45) is 2.17. The van der Waals surface area contributed by atoms with Crippen LogP contribution in [0.25, 0.3) is 0 Å². The van der Waals surface area contributed by atoms with Gasteiger partial charge in [0, 0.05) is 25.7 Å². The van der Waals surface area contributed by atoms with E-state index in [2.05, 4.69) is 24.0 Å². The van der Waals surface area contributed by atoms with Crippen LogP contribution >= 0.6 is 0 Å². The molecule has 4 nitrogen and oxygen atoms in total. The number of ether oxygens (including phenoxy) is 2. The zero-order valence-electron chi connectivity index (χ0n) is 13.4. The Balaban J connectivity index is 2.14. The molecule has 1 aromatic carbocycles. The first-order chi connectivity index (χ1) is 10.2. The highest BCUT2D eigenvalue weighted by atomic mass is 16.5. The van der Waals surface area contributed by atoms with Crippen molar-refractivity contribution in [1.29, 1.82) is 0 Å². The summed E-state index contributed by atoms with van der Waals surface area (Å²) in [5.41, 5.74) is 7.70. The second kappa shape index (κ2) is 7.78. The molecule has 1 saturated heterocycles. The molecule has 4 heteroatoms. The molecule has 118 valence electrons. The molecule has 0 amide bonds. The zero-order valence-corrected chi connectivity index (χ0v) is 13.4. The van der Waals surface area contributed by atoms with Gasteiger partial charge in [0.1, 0.15) is 5.75 Å². The van der Waals surface area contributed by atoms with Gasteiger partial charge in [0.2, 0.25) is 0 Å². The van der Waals surface area contributed by atoms with Crippen molar-refractivity contribution in [1.82, 2.24) is 4.90 Å². The standard InChI is InChI=1S/C17H28N2O2/c1-4-16(18)17(14-5-7-15(21-3)8-6-14)19-10-9-13(11-19)12-20-2/h5-8,13,16-17H,4,9-12,18H2,1-3H3. The van der Waals surface area contributed by atoms with Crippen LogP contribution in [0, 0.1) is 5.92 Å². The quantitative estimate of drug-likeness (QED) is 0.838. The molecule has 0 radical (unpaired) electrons. The summed E-state index contributed by atoms with van der Waals surface area (Å²) < 4.78 is 10.6. The Morgan fingerprint density at radius 3 is 2.57 bits per heavy atom. The molecular weight excluding hydrogens is 264 g/mol. The number of methoxy groups -OCH3 is 2. The van der Waals surface area contributed by atoms with E-state index in [-0.39, 0.29) is 12.1 Å². The normalized spacial score (nSPS) is 22.2. The van der Waals surface area contributed by atoms with Crippen LogP contribution in [0.3, 0.4) is 0 Å². The molecule has 3 unspecified atom stereocenters. The van der Waals surface area contributed by atoms with Crippen molar-refractivity contribution in [2.24, 2.45) is 11.7 Å². The van der Waals surface area contributed by atoms with Gasteiger partial charge in [-0.05, 0) is 43.0 Å². The molecule has 2 rings (SSSR count). The summed E-state index contributed by atoms with van der Waals surface area (Å²) in [7, 11) is 3.47. The van der Waals surface area contributed by atoms with E-state index in [1.54, 1.807) is 14.2 Å². The fraction of sp³-hybridized carbons (Fsp3) is 0.647. The summed E-state index contributed by atoms with van der Waals surface area (Å²) in [5.74, 6) is 1.51. The van der Waals surface area contributed by atoms with E-state index in [4.69, 9.17) is 15.2 Å². The monoisotopic (exact) mass is 292 g/mol. The van der Waals surface area contributed by atoms with Crippen LogP contribution in [0.2, 0.25) is 0 Å². The van der Waals surface area contributed by atoms with Gasteiger partial charge in [-0.1, -0.05) is 19.1 Å². The highest BCUT2D eigenvalue weighted by Gasteiger charge is 2.32. The number of likely N-dealkylation sites (tertiary alicyclic amines) is 1. The minimum Gasteiger partial charge on any atom is -0.497 e. The Kier molecular flexibility index (Phi) is 6.03. The zero-order chi connectivity index (χ0) is 15.2. The third kappa shape index (κ3) is 3.96. The number of nitrogens with zero attached hydrogens (tertiary/aromatic N) is 1. The second-order valence-corrected chi connectivity index (χ2v) is 5.90. The van der Waals surface area contributed by atoms with Crippen molar-refractivity contribution in [2.45, 2.75) is 31.8 Å². The van der Waals surface area contributed by atoms with E-state index in [1.807, 2.05) is 12.1 Å². The van der Waals surface area contributed by atoms with Crippen LogP contribution in [-0.4, -0.2) is 44.9 Å². The number of nitrogens with two attached hydrogens (primary N) is 1. The molecule has 0 spiro atoms. The van der Waals surface area contributed by atoms with E-state index < -0.39 is 0 Å². The topological polar surface area (TPSA) is 47.7 Å². The molecule has 0 bridgehead atoms. The van der Waals surface area contributed by atoms with Crippen molar-refractivity contribution < 1.29 is 9.47 Å². The minimum atomic E-state index is 0.152. The average molecular weight is 292 g/mol. The number of rotatable bonds is 7. The second-order valence-electron chi connectivity index (χ2n) is 5.90. The minimum absolute atomic E-state index is 0.152. The van der Waals surface area contributed by atoms with Crippen LogP contribution in [0.15, 0.2) is 24.3 Å². The Hall–Kier alpha value is -1.10. The lowest BCUT2D eigenvalue weighted by atomic mass is 9.96. The first-order valence-corrected chi connectivity index (χ1v) is 7.82. The third-order valence-electron chi connectivity index (χ3n) is 4.45.